The topological polar surface area (TPSA) is 474 Å². The standard InChI is InChI=1S/C64H90N18O11/c1-38(2)31-48(78-60(91)51(35-41-18-21-42-13-6-7-14-43(42)32-41)80-58(89)49(34-40-19-22-44(83)23-20-40)74-54(85)37-81-29-26-71-27-30-81)57(88)79-50(33-39-11-4-3-5-12-39)59(90)76-46(16-9-25-73-64(69)70)62(93)82-28-10-17-52(82)61(92)75-45(15-8-24-72-63(67)68)56(87)77-47(55(66)86)36-53(65)84/h3-7,11-14,18-23,32,38,45-52,71,83H,8-10,15-17,24-31,33-37H2,1-2H3,(H2,65,84)(H2,66,86)(H,74,85)(H,75,92)(H,76,90)(H,77,87)(H,78,91)(H,79,88)(H,80,89)(H4,67,68,72)(H4,69,70,73). The van der Waals surface area contributed by atoms with Crippen LogP contribution in [0.15, 0.2) is 107 Å². The number of guanidine groups is 2. The average Bonchev–Trinajstić information content (AvgIpc) is 1.83. The number of nitrogens with one attached hydrogen (secondary N) is 8. The molecule has 2 fully saturated rings. The molecular formula is C64H90N18O11. The number of nitrogens with zero attached hydrogens (tertiary/aromatic N) is 4. The zero-order valence-corrected chi connectivity index (χ0v) is 52.7. The van der Waals surface area contributed by atoms with E-state index in [9.17, 15) is 48.3 Å². The minimum atomic E-state index is -1.51. The number of primary amides is 2. The first-order valence-corrected chi connectivity index (χ1v) is 31.3. The van der Waals surface area contributed by atoms with Crippen LogP contribution in [0, 0.1) is 5.92 Å². The number of carbonyl (C=O) groups is 10. The summed E-state index contributed by atoms with van der Waals surface area (Å²) < 4.78 is 0. The van der Waals surface area contributed by atoms with Gasteiger partial charge in [-0.2, -0.15) is 0 Å². The van der Waals surface area contributed by atoms with E-state index in [1.165, 1.54) is 17.0 Å². The fourth-order valence-electron chi connectivity index (χ4n) is 11.1. The van der Waals surface area contributed by atoms with Crippen molar-refractivity contribution in [3.8, 4) is 5.75 Å². The van der Waals surface area contributed by atoms with Crippen molar-refractivity contribution >= 4 is 81.8 Å². The number of rotatable bonds is 35. The molecule has 0 saturated carbocycles. The second kappa shape index (κ2) is 36.2. The molecule has 29 heteroatoms. The van der Waals surface area contributed by atoms with E-state index in [1.54, 1.807) is 42.5 Å². The maximum atomic E-state index is 15.0. The van der Waals surface area contributed by atoms with Gasteiger partial charge in [-0.25, -0.2) is 0 Å². The highest BCUT2D eigenvalue weighted by Gasteiger charge is 2.41. The number of aliphatic imine (C=N–C) groups is 2. The number of amides is 10. The van der Waals surface area contributed by atoms with Gasteiger partial charge in [-0.05, 0) is 90.5 Å². The summed E-state index contributed by atoms with van der Waals surface area (Å²) in [6.07, 6.45) is -0.0728. The zero-order valence-electron chi connectivity index (χ0n) is 52.7. The normalized spacial score (nSPS) is 16.2. The number of hydrogen-bond acceptors (Lipinski definition) is 15. The van der Waals surface area contributed by atoms with Gasteiger partial charge in [-0.1, -0.05) is 98.8 Å². The van der Waals surface area contributed by atoms with Crippen molar-refractivity contribution in [2.45, 2.75) is 133 Å². The van der Waals surface area contributed by atoms with Crippen LogP contribution in [0.3, 0.4) is 0 Å². The van der Waals surface area contributed by atoms with Gasteiger partial charge in [0.15, 0.2) is 11.9 Å². The Hall–Kier alpha value is -9.90. The summed E-state index contributed by atoms with van der Waals surface area (Å²) in [5.74, 6) is -8.40. The van der Waals surface area contributed by atoms with Crippen LogP contribution in [0.5, 0.6) is 5.75 Å². The van der Waals surface area contributed by atoms with Crippen LogP contribution in [0.4, 0.5) is 0 Å². The number of piperazine rings is 1. The molecule has 0 aromatic heterocycles. The summed E-state index contributed by atoms with van der Waals surface area (Å²) in [7, 11) is 0. The molecule has 10 amide bonds. The lowest BCUT2D eigenvalue weighted by molar-refractivity contribution is -0.142. The first kappa shape index (κ1) is 72.2. The van der Waals surface area contributed by atoms with Crippen LogP contribution >= 0.6 is 0 Å². The summed E-state index contributed by atoms with van der Waals surface area (Å²) in [5.41, 5.74) is 34.9. The summed E-state index contributed by atoms with van der Waals surface area (Å²) >= 11 is 0. The molecule has 2 aliphatic rings. The van der Waals surface area contributed by atoms with Gasteiger partial charge in [0, 0.05) is 65.1 Å². The Morgan fingerprint density at radius 1 is 0.548 bits per heavy atom. The van der Waals surface area contributed by atoms with Crippen molar-refractivity contribution in [3.05, 3.63) is 114 Å². The fraction of sp³-hybridized carbons (Fsp3) is 0.469. The van der Waals surface area contributed by atoms with E-state index < -0.39 is 114 Å². The fourth-order valence-corrected chi connectivity index (χ4v) is 11.1. The number of phenolic OH excluding ortho intramolecular Hbond substituents is 1. The number of fused-ring (bicyclic) bond motifs is 1. The number of aromatic hydroxyl groups is 1. The highest BCUT2D eigenvalue weighted by molar-refractivity contribution is 5.99. The SMILES string of the molecule is CC(C)CC(NC(=O)C(Cc1ccc2ccccc2c1)NC(=O)C(Cc1ccc(O)cc1)NC(=O)CN1CCNCC1)C(=O)NC(Cc1ccccc1)C(=O)NC(CCCN=C(N)N)C(=O)N1CCCC1C(=O)NC(CCCN=C(N)N)C(=O)NC(CC(N)=O)C(N)=O. The molecule has 0 bridgehead atoms. The quantitative estimate of drug-likeness (QED) is 0.0127. The number of phenols is 1. The first-order valence-electron chi connectivity index (χ1n) is 31.3. The van der Waals surface area contributed by atoms with E-state index in [0.29, 0.717) is 49.3 Å². The Bertz CT molecular complexity index is 3280. The number of benzene rings is 4. The van der Waals surface area contributed by atoms with E-state index in [2.05, 4.69) is 52.5 Å². The van der Waals surface area contributed by atoms with E-state index >= 15 is 4.79 Å². The maximum absolute atomic E-state index is 15.0. The van der Waals surface area contributed by atoms with Gasteiger partial charge in [0.2, 0.25) is 59.1 Å². The molecule has 29 nitrogen and oxygen atoms in total. The molecule has 0 spiro atoms. The van der Waals surface area contributed by atoms with Crippen molar-refractivity contribution in [1.29, 1.82) is 0 Å². The van der Waals surface area contributed by atoms with Crippen molar-refractivity contribution in [3.63, 3.8) is 0 Å². The van der Waals surface area contributed by atoms with Gasteiger partial charge in [-0.3, -0.25) is 62.8 Å². The lowest BCUT2D eigenvalue weighted by Gasteiger charge is -2.31. The second-order valence-electron chi connectivity index (χ2n) is 23.7. The predicted molar refractivity (Wildman–Crippen MR) is 349 cm³/mol. The van der Waals surface area contributed by atoms with Gasteiger partial charge in [0.05, 0.1) is 13.0 Å². The van der Waals surface area contributed by atoms with E-state index in [0.717, 1.165) is 10.8 Å². The summed E-state index contributed by atoms with van der Waals surface area (Å²) in [5, 5.41) is 34.5. The van der Waals surface area contributed by atoms with E-state index in [-0.39, 0.29) is 108 Å². The van der Waals surface area contributed by atoms with E-state index in [1.807, 2.05) is 61.2 Å². The molecule has 2 aliphatic heterocycles. The van der Waals surface area contributed by atoms with Crippen molar-refractivity contribution in [1.82, 2.24) is 52.3 Å². The monoisotopic (exact) mass is 1290 g/mol. The summed E-state index contributed by atoms with van der Waals surface area (Å²) in [6, 6.07) is 17.6. The van der Waals surface area contributed by atoms with Crippen molar-refractivity contribution < 1.29 is 53.1 Å². The Morgan fingerprint density at radius 2 is 1.04 bits per heavy atom. The number of hydrogen-bond donors (Lipinski definition) is 15. The van der Waals surface area contributed by atoms with Crippen LogP contribution in [0.2, 0.25) is 0 Å². The zero-order chi connectivity index (χ0) is 67.6. The third-order valence-corrected chi connectivity index (χ3v) is 15.8. The molecule has 8 unspecified atom stereocenters. The highest BCUT2D eigenvalue weighted by Crippen LogP contribution is 2.22. The number of likely N-dealkylation sites (tertiary alicyclic amines) is 1. The molecule has 2 saturated heterocycles. The molecule has 502 valence electrons. The minimum absolute atomic E-state index is 0.00283. The molecule has 6 rings (SSSR count). The Morgan fingerprint density at radius 3 is 1.62 bits per heavy atom. The molecule has 0 radical (unpaired) electrons. The third kappa shape index (κ3) is 24.0. The lowest BCUT2D eigenvalue weighted by Crippen LogP contribution is -2.61. The molecular weight excluding hydrogens is 1200 g/mol. The Labute approximate surface area is 540 Å². The molecule has 2 heterocycles. The number of nitrogens with two attached hydrogens (primary N) is 6. The van der Waals surface area contributed by atoms with Crippen LogP contribution < -0.4 is 76.9 Å². The summed E-state index contributed by atoms with van der Waals surface area (Å²) in [6.45, 7) is 6.45. The smallest absolute Gasteiger partial charge is 0.245 e. The minimum Gasteiger partial charge on any atom is -0.508 e. The lowest BCUT2D eigenvalue weighted by atomic mass is 9.98. The van der Waals surface area contributed by atoms with Crippen LogP contribution in [-0.2, 0) is 67.2 Å². The van der Waals surface area contributed by atoms with Gasteiger partial charge in [0.25, 0.3) is 0 Å². The van der Waals surface area contributed by atoms with E-state index in [4.69, 9.17) is 34.4 Å². The van der Waals surface area contributed by atoms with Crippen LogP contribution in [0.1, 0.15) is 81.9 Å². The van der Waals surface area contributed by atoms with Crippen LogP contribution in [0.25, 0.3) is 10.8 Å². The van der Waals surface area contributed by atoms with Crippen LogP contribution in [-0.4, -0.2) is 187 Å². The van der Waals surface area contributed by atoms with Gasteiger partial charge < -0.3 is 86.9 Å². The Kier molecular flexibility index (Phi) is 28.1. The average molecular weight is 1290 g/mol. The second-order valence-corrected chi connectivity index (χ2v) is 23.7. The predicted octanol–water partition coefficient (Wildman–Crippen LogP) is -2.62. The number of carbonyl (C=O) groups excluding carboxylic acids is 10. The highest BCUT2D eigenvalue weighted by atomic mass is 16.3. The third-order valence-electron chi connectivity index (χ3n) is 15.8. The van der Waals surface area contributed by atoms with Gasteiger partial charge in [0.1, 0.15) is 54.1 Å². The largest absolute Gasteiger partial charge is 0.508 e. The van der Waals surface area contributed by atoms with Gasteiger partial charge in [-0.15, -0.1) is 0 Å². The molecule has 93 heavy (non-hydrogen) atoms. The van der Waals surface area contributed by atoms with Gasteiger partial charge >= 0.3 is 0 Å². The summed E-state index contributed by atoms with van der Waals surface area (Å²) in [4.78, 5) is 152. The van der Waals surface area contributed by atoms with Crippen molar-refractivity contribution in [2.75, 3.05) is 52.4 Å². The van der Waals surface area contributed by atoms with Crippen molar-refractivity contribution in [2.24, 2.45) is 50.3 Å². The Balaban J connectivity index is 1.27. The molecule has 0 aliphatic carbocycles. The maximum Gasteiger partial charge on any atom is 0.245 e. The molecule has 8 atom stereocenters. The molecule has 21 N–H and O–H groups in total. The molecule has 4 aromatic carbocycles. The first-order chi connectivity index (χ1) is 44.4. The molecule has 4 aromatic rings.